The number of H-pyrrole nitrogens is 1. The Morgan fingerprint density at radius 2 is 1.73 bits per heavy atom. The number of nitrogens with zero attached hydrogens (tertiary/aromatic N) is 3. The molecule has 1 aromatic heterocycles. The first-order valence-electron chi connectivity index (χ1n) is 12.9. The van der Waals surface area contributed by atoms with Crippen molar-refractivity contribution < 1.29 is 24.2 Å². The largest absolute Gasteiger partial charge is 0.507 e. The van der Waals surface area contributed by atoms with Crippen LogP contribution in [-0.4, -0.2) is 55.1 Å². The number of aromatic amines is 1. The van der Waals surface area contributed by atoms with Gasteiger partial charge in [0.2, 0.25) is 5.95 Å². The molecule has 1 saturated heterocycles. The molecule has 0 aliphatic carbocycles. The zero-order chi connectivity index (χ0) is 28.7. The number of nitrogens with one attached hydrogen (secondary N) is 1. The van der Waals surface area contributed by atoms with Gasteiger partial charge in [0, 0.05) is 31.4 Å². The summed E-state index contributed by atoms with van der Waals surface area (Å²) in [6.07, 6.45) is 0. The van der Waals surface area contributed by atoms with Crippen LogP contribution in [0.5, 0.6) is 11.5 Å². The van der Waals surface area contributed by atoms with Gasteiger partial charge in [0.05, 0.1) is 36.9 Å². The van der Waals surface area contributed by atoms with Crippen LogP contribution >= 0.6 is 0 Å². The molecule has 0 spiro atoms. The first-order chi connectivity index (χ1) is 19.1. The molecule has 1 aliphatic heterocycles. The molecule has 9 heteroatoms. The first-order valence-corrected chi connectivity index (χ1v) is 12.9. The van der Waals surface area contributed by atoms with Gasteiger partial charge in [-0.2, -0.15) is 0 Å². The van der Waals surface area contributed by atoms with Crippen molar-refractivity contribution in [3.05, 3.63) is 82.9 Å². The number of methoxy groups -OCH3 is 2. The molecule has 2 N–H and O–H groups in total. The molecule has 0 saturated carbocycles. The number of hydrogen-bond acceptors (Lipinski definition) is 7. The second-order valence-corrected chi connectivity index (χ2v) is 10.2. The number of Topliss-reactive ketones (excluding diaryl/α,β-unsaturated/α-hetero) is 1. The number of hydrogen-bond donors (Lipinski definition) is 2. The Balaban J connectivity index is 1.71. The number of rotatable bonds is 7. The predicted molar refractivity (Wildman–Crippen MR) is 155 cm³/mol. The molecule has 1 fully saturated rings. The Morgan fingerprint density at radius 1 is 1.00 bits per heavy atom. The number of carbonyl (C=O) groups is 2. The highest BCUT2D eigenvalue weighted by Gasteiger charge is 2.48. The predicted octanol–water partition coefficient (Wildman–Crippen LogP) is 5.40. The first kappa shape index (κ1) is 26.8. The molecule has 206 valence electrons. The number of anilines is 2. The molecule has 3 aromatic carbocycles. The van der Waals surface area contributed by atoms with E-state index in [0.717, 1.165) is 11.3 Å². The van der Waals surface area contributed by atoms with Crippen LogP contribution in [0.2, 0.25) is 0 Å². The van der Waals surface area contributed by atoms with E-state index in [1.165, 1.54) is 4.90 Å². The van der Waals surface area contributed by atoms with E-state index in [4.69, 9.17) is 9.47 Å². The number of aromatic nitrogens is 2. The molecule has 1 amide bonds. The SMILES string of the molecule is COc1ccc2nc(N3C(=O)C(=O)/C(=C(/O)c4ccc(OC)c(C(C)C)c4)C3c3ccc(N(C)C)cc3)[nH]c2c1. The normalized spacial score (nSPS) is 16.7. The third-order valence-corrected chi connectivity index (χ3v) is 7.20. The summed E-state index contributed by atoms with van der Waals surface area (Å²) in [6, 6.07) is 17.2. The molecule has 2 heterocycles. The molecule has 9 nitrogen and oxygen atoms in total. The highest BCUT2D eigenvalue weighted by Crippen LogP contribution is 2.43. The number of fused-ring (bicyclic) bond motifs is 1. The van der Waals surface area contributed by atoms with Crippen LogP contribution in [0, 0.1) is 0 Å². The van der Waals surface area contributed by atoms with Gasteiger partial charge in [-0.1, -0.05) is 26.0 Å². The minimum atomic E-state index is -0.914. The lowest BCUT2D eigenvalue weighted by atomic mass is 9.93. The fraction of sp³-hybridized carbons (Fsp3) is 0.258. The maximum absolute atomic E-state index is 13.6. The Bertz CT molecular complexity index is 1640. The number of aliphatic hydroxyl groups excluding tert-OH is 1. The number of ether oxygens (including phenoxy) is 2. The summed E-state index contributed by atoms with van der Waals surface area (Å²) < 4.78 is 10.8. The van der Waals surface area contributed by atoms with Gasteiger partial charge < -0.3 is 24.5 Å². The Labute approximate surface area is 232 Å². The molecule has 1 atom stereocenters. The maximum atomic E-state index is 13.6. The van der Waals surface area contributed by atoms with E-state index in [9.17, 15) is 14.7 Å². The third kappa shape index (κ3) is 4.53. The fourth-order valence-electron chi connectivity index (χ4n) is 5.03. The number of ketones is 1. The smallest absolute Gasteiger partial charge is 0.302 e. The number of aliphatic hydroxyl groups is 1. The zero-order valence-corrected chi connectivity index (χ0v) is 23.4. The van der Waals surface area contributed by atoms with Crippen molar-refractivity contribution in [2.45, 2.75) is 25.8 Å². The van der Waals surface area contributed by atoms with Crippen LogP contribution in [0.15, 0.2) is 66.2 Å². The maximum Gasteiger partial charge on any atom is 0.302 e. The van der Waals surface area contributed by atoms with Gasteiger partial charge in [0.1, 0.15) is 17.3 Å². The van der Waals surface area contributed by atoms with Crippen LogP contribution in [0.3, 0.4) is 0 Å². The summed E-state index contributed by atoms with van der Waals surface area (Å²) in [5, 5.41) is 11.6. The van der Waals surface area contributed by atoms with Crippen LogP contribution < -0.4 is 19.3 Å². The summed E-state index contributed by atoms with van der Waals surface area (Å²) in [6.45, 7) is 4.03. The number of benzene rings is 3. The Hall–Kier alpha value is -4.79. The van der Waals surface area contributed by atoms with Crippen molar-refractivity contribution in [1.29, 1.82) is 0 Å². The van der Waals surface area contributed by atoms with Crippen LogP contribution in [0.4, 0.5) is 11.6 Å². The van der Waals surface area contributed by atoms with E-state index in [0.29, 0.717) is 33.7 Å². The van der Waals surface area contributed by atoms with E-state index in [1.54, 1.807) is 50.6 Å². The summed E-state index contributed by atoms with van der Waals surface area (Å²) in [5.41, 5.74) is 4.15. The van der Waals surface area contributed by atoms with E-state index in [-0.39, 0.29) is 23.2 Å². The Kier molecular flexibility index (Phi) is 6.97. The van der Waals surface area contributed by atoms with Crippen molar-refractivity contribution in [3.63, 3.8) is 0 Å². The molecule has 1 aliphatic rings. The van der Waals surface area contributed by atoms with Gasteiger partial charge in [-0.15, -0.1) is 0 Å². The van der Waals surface area contributed by atoms with E-state index >= 15 is 0 Å². The highest BCUT2D eigenvalue weighted by atomic mass is 16.5. The van der Waals surface area contributed by atoms with Gasteiger partial charge in [-0.05, 0) is 59.5 Å². The lowest BCUT2D eigenvalue weighted by molar-refractivity contribution is -0.132. The van der Waals surface area contributed by atoms with E-state index in [2.05, 4.69) is 9.97 Å². The molecular weight excluding hydrogens is 508 g/mol. The van der Waals surface area contributed by atoms with Crippen LogP contribution in [-0.2, 0) is 9.59 Å². The van der Waals surface area contributed by atoms with Crippen molar-refractivity contribution in [2.24, 2.45) is 0 Å². The molecule has 1 unspecified atom stereocenters. The van der Waals surface area contributed by atoms with Gasteiger partial charge in [0.15, 0.2) is 0 Å². The van der Waals surface area contributed by atoms with Crippen LogP contribution in [0.25, 0.3) is 16.8 Å². The van der Waals surface area contributed by atoms with E-state index < -0.39 is 17.7 Å². The second-order valence-electron chi connectivity index (χ2n) is 10.2. The van der Waals surface area contributed by atoms with Crippen molar-refractivity contribution in [3.8, 4) is 11.5 Å². The van der Waals surface area contributed by atoms with Crippen molar-refractivity contribution in [1.82, 2.24) is 9.97 Å². The molecular formula is C31H32N4O5. The number of amides is 1. The van der Waals surface area contributed by atoms with Gasteiger partial charge >= 0.3 is 5.91 Å². The van der Waals surface area contributed by atoms with Gasteiger partial charge in [0.25, 0.3) is 5.78 Å². The molecule has 5 rings (SSSR count). The standard InChI is InChI=1S/C31H32N4O5/c1-17(2)22-15-19(9-14-25(22)40-6)28(36)26-27(18-7-10-20(11-8-18)34(3)4)35(30(38)29(26)37)31-32-23-13-12-21(39-5)16-24(23)33-31/h7-17,27,36H,1-6H3,(H,32,33)/b28-26+. The Morgan fingerprint density at radius 3 is 2.35 bits per heavy atom. The van der Waals surface area contributed by atoms with Crippen LogP contribution in [0.1, 0.15) is 42.5 Å². The number of imidazole rings is 1. The lowest BCUT2D eigenvalue weighted by Gasteiger charge is -2.24. The summed E-state index contributed by atoms with van der Waals surface area (Å²) >= 11 is 0. The average Bonchev–Trinajstić information content (AvgIpc) is 3.49. The molecule has 4 aromatic rings. The molecule has 40 heavy (non-hydrogen) atoms. The minimum absolute atomic E-state index is 0.0134. The zero-order valence-electron chi connectivity index (χ0n) is 23.4. The average molecular weight is 541 g/mol. The summed E-state index contributed by atoms with van der Waals surface area (Å²) in [7, 11) is 7.02. The molecule has 0 bridgehead atoms. The second kappa shape index (κ2) is 10.4. The minimum Gasteiger partial charge on any atom is -0.507 e. The van der Waals surface area contributed by atoms with Gasteiger partial charge in [-0.25, -0.2) is 4.98 Å². The quantitative estimate of drug-likeness (QED) is 0.184. The highest BCUT2D eigenvalue weighted by molar-refractivity contribution is 6.51. The third-order valence-electron chi connectivity index (χ3n) is 7.20. The number of carbonyl (C=O) groups excluding carboxylic acids is 2. The topological polar surface area (TPSA) is 108 Å². The van der Waals surface area contributed by atoms with E-state index in [1.807, 2.05) is 57.1 Å². The fourth-order valence-corrected chi connectivity index (χ4v) is 5.03. The van der Waals surface area contributed by atoms with Crippen molar-refractivity contribution in [2.75, 3.05) is 38.1 Å². The van der Waals surface area contributed by atoms with Gasteiger partial charge in [-0.3, -0.25) is 14.5 Å². The van der Waals surface area contributed by atoms with Crippen molar-refractivity contribution >= 4 is 40.1 Å². The lowest BCUT2D eigenvalue weighted by Crippen LogP contribution is -2.30. The monoisotopic (exact) mass is 540 g/mol. The summed E-state index contributed by atoms with van der Waals surface area (Å²) in [5.74, 6) is -0.229. The summed E-state index contributed by atoms with van der Waals surface area (Å²) in [4.78, 5) is 38.3. The molecule has 0 radical (unpaired) electrons.